The van der Waals surface area contributed by atoms with Gasteiger partial charge in [0.2, 0.25) is 5.91 Å². The van der Waals surface area contributed by atoms with Gasteiger partial charge in [0.25, 0.3) is 0 Å². The zero-order valence-corrected chi connectivity index (χ0v) is 16.0. The number of aromatic nitrogens is 3. The number of rotatable bonds is 5. The molecule has 0 aliphatic carbocycles. The topological polar surface area (TPSA) is 51.0 Å². The number of carbonyl (C=O) groups is 1. The summed E-state index contributed by atoms with van der Waals surface area (Å²) in [6.45, 7) is 4.30. The van der Waals surface area contributed by atoms with Gasteiger partial charge in [-0.1, -0.05) is 42.1 Å². The first-order valence-electron chi connectivity index (χ1n) is 8.92. The number of thioether (sulfide) groups is 1. The monoisotopic (exact) mass is 358 g/mol. The summed E-state index contributed by atoms with van der Waals surface area (Å²) in [7, 11) is 1.97. The molecule has 1 aromatic carbocycles. The fourth-order valence-corrected chi connectivity index (χ4v) is 4.32. The molecule has 5 nitrogen and oxygen atoms in total. The maximum absolute atomic E-state index is 12.6. The summed E-state index contributed by atoms with van der Waals surface area (Å²) in [6.07, 6.45) is 4.17. The van der Waals surface area contributed by atoms with E-state index in [0.717, 1.165) is 30.2 Å². The van der Waals surface area contributed by atoms with Gasteiger partial charge in [-0.3, -0.25) is 4.79 Å². The predicted molar refractivity (Wildman–Crippen MR) is 101 cm³/mol. The average Bonchev–Trinajstić information content (AvgIpc) is 2.94. The minimum absolute atomic E-state index is 0.206. The Bertz CT molecular complexity index is 705. The van der Waals surface area contributed by atoms with Gasteiger partial charge in [-0.2, -0.15) is 0 Å². The summed E-state index contributed by atoms with van der Waals surface area (Å²) in [5.74, 6) is 1.55. The summed E-state index contributed by atoms with van der Waals surface area (Å²) in [5, 5.41) is 9.37. The van der Waals surface area contributed by atoms with Crippen molar-refractivity contribution >= 4 is 17.7 Å². The largest absolute Gasteiger partial charge is 0.337 e. The summed E-state index contributed by atoms with van der Waals surface area (Å²) in [5.41, 5.74) is 1.21. The van der Waals surface area contributed by atoms with Crippen molar-refractivity contribution in [3.8, 4) is 0 Å². The molecule has 1 fully saturated rings. The first kappa shape index (κ1) is 18.0. The Labute approximate surface area is 153 Å². The fraction of sp³-hybridized carbons (Fsp3) is 0.526. The van der Waals surface area contributed by atoms with Gasteiger partial charge in [-0.05, 0) is 38.7 Å². The molecule has 0 bridgehead atoms. The Hall–Kier alpha value is -1.82. The van der Waals surface area contributed by atoms with Crippen molar-refractivity contribution in [1.82, 2.24) is 19.7 Å². The van der Waals surface area contributed by atoms with Crippen molar-refractivity contribution in [2.45, 2.75) is 56.8 Å². The van der Waals surface area contributed by atoms with E-state index in [0.29, 0.717) is 17.8 Å². The van der Waals surface area contributed by atoms with E-state index < -0.39 is 0 Å². The standard InChI is InChI=1S/C19H26N4OS/c1-14-8-7-9-15(2)23(14)18(24)13-25-19-21-20-17(22(19)3)12-16-10-5-4-6-11-16/h4-6,10-11,14-15H,7-9,12-13H2,1-3H3/t14-,15+. The van der Waals surface area contributed by atoms with E-state index in [2.05, 4.69) is 41.1 Å². The Morgan fingerprint density at radius 1 is 1.16 bits per heavy atom. The number of amides is 1. The molecule has 134 valence electrons. The summed E-state index contributed by atoms with van der Waals surface area (Å²) >= 11 is 1.48. The van der Waals surface area contributed by atoms with Crippen molar-refractivity contribution in [3.05, 3.63) is 41.7 Å². The van der Waals surface area contributed by atoms with E-state index in [1.807, 2.05) is 29.8 Å². The number of nitrogens with zero attached hydrogens (tertiary/aromatic N) is 4. The minimum Gasteiger partial charge on any atom is -0.337 e. The van der Waals surface area contributed by atoms with E-state index in [-0.39, 0.29) is 5.91 Å². The van der Waals surface area contributed by atoms with E-state index >= 15 is 0 Å². The zero-order chi connectivity index (χ0) is 17.8. The SMILES string of the molecule is C[C@@H]1CCC[C@H](C)N1C(=O)CSc1nnc(Cc2ccccc2)n1C. The molecule has 2 aromatic rings. The van der Waals surface area contributed by atoms with Crippen LogP contribution in [0.2, 0.25) is 0 Å². The smallest absolute Gasteiger partial charge is 0.233 e. The lowest BCUT2D eigenvalue weighted by atomic mass is 9.98. The molecule has 0 radical (unpaired) electrons. The number of likely N-dealkylation sites (tertiary alicyclic amines) is 1. The molecule has 1 aliphatic rings. The maximum atomic E-state index is 12.6. The second-order valence-corrected chi connectivity index (χ2v) is 7.78. The normalized spacial score (nSPS) is 20.7. The van der Waals surface area contributed by atoms with Crippen LogP contribution in [0.4, 0.5) is 0 Å². The van der Waals surface area contributed by atoms with Crippen molar-refractivity contribution in [3.63, 3.8) is 0 Å². The van der Waals surface area contributed by atoms with Crippen LogP contribution >= 0.6 is 11.8 Å². The second kappa shape index (κ2) is 8.04. The lowest BCUT2D eigenvalue weighted by Crippen LogP contribution is -2.48. The van der Waals surface area contributed by atoms with Gasteiger partial charge in [-0.25, -0.2) is 0 Å². The van der Waals surface area contributed by atoms with Crippen LogP contribution in [0, 0.1) is 0 Å². The van der Waals surface area contributed by atoms with Gasteiger partial charge in [0.15, 0.2) is 5.16 Å². The van der Waals surface area contributed by atoms with Crippen LogP contribution in [-0.4, -0.2) is 43.4 Å². The second-order valence-electron chi connectivity index (χ2n) is 6.84. The number of hydrogen-bond acceptors (Lipinski definition) is 4. The van der Waals surface area contributed by atoms with Gasteiger partial charge in [-0.15, -0.1) is 10.2 Å². The molecule has 25 heavy (non-hydrogen) atoms. The van der Waals surface area contributed by atoms with Crippen LogP contribution in [0.25, 0.3) is 0 Å². The minimum atomic E-state index is 0.206. The average molecular weight is 359 g/mol. The molecule has 2 heterocycles. The number of benzene rings is 1. The highest BCUT2D eigenvalue weighted by Crippen LogP contribution is 2.25. The van der Waals surface area contributed by atoms with E-state index in [1.54, 1.807) is 0 Å². The highest BCUT2D eigenvalue weighted by molar-refractivity contribution is 7.99. The van der Waals surface area contributed by atoms with E-state index in [4.69, 9.17) is 0 Å². The van der Waals surface area contributed by atoms with Gasteiger partial charge in [0.1, 0.15) is 5.82 Å². The lowest BCUT2D eigenvalue weighted by Gasteiger charge is -2.39. The third kappa shape index (κ3) is 4.24. The Balaban J connectivity index is 1.61. The van der Waals surface area contributed by atoms with Crippen molar-refractivity contribution in [2.75, 3.05) is 5.75 Å². The van der Waals surface area contributed by atoms with Crippen molar-refractivity contribution < 1.29 is 4.79 Å². The molecule has 0 spiro atoms. The quantitative estimate of drug-likeness (QED) is 0.770. The van der Waals surface area contributed by atoms with E-state index in [9.17, 15) is 4.79 Å². The number of piperidine rings is 1. The zero-order valence-electron chi connectivity index (χ0n) is 15.2. The molecular weight excluding hydrogens is 332 g/mol. The van der Waals surface area contributed by atoms with Gasteiger partial charge in [0.05, 0.1) is 5.75 Å². The van der Waals surface area contributed by atoms with Crippen LogP contribution in [0.15, 0.2) is 35.5 Å². The first-order valence-corrected chi connectivity index (χ1v) is 9.91. The Morgan fingerprint density at radius 2 is 1.84 bits per heavy atom. The summed E-state index contributed by atoms with van der Waals surface area (Å²) in [6, 6.07) is 10.9. The van der Waals surface area contributed by atoms with Gasteiger partial charge in [0, 0.05) is 25.6 Å². The highest BCUT2D eigenvalue weighted by Gasteiger charge is 2.29. The van der Waals surface area contributed by atoms with Crippen LogP contribution in [-0.2, 0) is 18.3 Å². The first-order chi connectivity index (χ1) is 12.1. The molecule has 1 aliphatic heterocycles. The number of hydrogen-bond donors (Lipinski definition) is 0. The van der Waals surface area contributed by atoms with Gasteiger partial charge < -0.3 is 9.47 Å². The molecule has 6 heteroatoms. The summed E-state index contributed by atoms with van der Waals surface area (Å²) in [4.78, 5) is 14.7. The van der Waals surface area contributed by atoms with Crippen LogP contribution in [0.5, 0.6) is 0 Å². The third-order valence-corrected chi connectivity index (χ3v) is 5.94. The predicted octanol–water partition coefficient (Wildman–Crippen LogP) is 3.29. The van der Waals surface area contributed by atoms with Gasteiger partial charge >= 0.3 is 0 Å². The fourth-order valence-electron chi connectivity index (χ4n) is 3.52. The maximum Gasteiger partial charge on any atom is 0.233 e. The van der Waals surface area contributed by atoms with Crippen LogP contribution in [0.3, 0.4) is 0 Å². The molecule has 0 saturated carbocycles. The highest BCUT2D eigenvalue weighted by atomic mass is 32.2. The van der Waals surface area contributed by atoms with Crippen LogP contribution in [0.1, 0.15) is 44.5 Å². The van der Waals surface area contributed by atoms with Crippen molar-refractivity contribution in [2.24, 2.45) is 7.05 Å². The molecule has 1 aromatic heterocycles. The van der Waals surface area contributed by atoms with Crippen LogP contribution < -0.4 is 0 Å². The van der Waals surface area contributed by atoms with E-state index in [1.165, 1.54) is 23.7 Å². The Kier molecular flexibility index (Phi) is 5.78. The molecule has 1 saturated heterocycles. The molecule has 0 unspecified atom stereocenters. The molecule has 3 rings (SSSR count). The molecule has 1 amide bonds. The molecule has 2 atom stereocenters. The summed E-state index contributed by atoms with van der Waals surface area (Å²) < 4.78 is 1.99. The molecule has 0 N–H and O–H groups in total. The third-order valence-electron chi connectivity index (χ3n) is 4.94. The Morgan fingerprint density at radius 3 is 2.52 bits per heavy atom. The number of carbonyl (C=O) groups excluding carboxylic acids is 1. The lowest BCUT2D eigenvalue weighted by molar-refractivity contribution is -0.134. The molecular formula is C19H26N4OS. The van der Waals surface area contributed by atoms with Crippen molar-refractivity contribution in [1.29, 1.82) is 0 Å².